The van der Waals surface area contributed by atoms with E-state index in [1.165, 1.54) is 16.9 Å². The van der Waals surface area contributed by atoms with Crippen LogP contribution in [0.2, 0.25) is 5.02 Å². The number of piperidine rings is 2. The fourth-order valence-electron chi connectivity index (χ4n) is 4.34. The van der Waals surface area contributed by atoms with Crippen LogP contribution in [0.4, 0.5) is 0 Å². The molecule has 2 aromatic rings. The summed E-state index contributed by atoms with van der Waals surface area (Å²) in [6.07, 6.45) is 4.97. The maximum atomic E-state index is 12.8. The van der Waals surface area contributed by atoms with E-state index in [0.29, 0.717) is 17.3 Å². The molecule has 0 saturated carbocycles. The number of thiophene rings is 1. The first-order valence-corrected chi connectivity index (χ1v) is 13.9. The van der Waals surface area contributed by atoms with Crippen LogP contribution in [0.5, 0.6) is 0 Å². The molecule has 1 aromatic carbocycles. The van der Waals surface area contributed by atoms with Gasteiger partial charge < -0.3 is 5.32 Å². The second kappa shape index (κ2) is 10.7. The molecule has 0 aliphatic carbocycles. The van der Waals surface area contributed by atoms with Gasteiger partial charge in [0, 0.05) is 48.7 Å². The van der Waals surface area contributed by atoms with E-state index < -0.39 is 10.0 Å². The molecule has 3 heterocycles. The maximum absolute atomic E-state index is 12.8. The molecule has 2 aliphatic rings. The number of amides is 1. The van der Waals surface area contributed by atoms with Gasteiger partial charge in [0.2, 0.25) is 5.91 Å². The number of nitrogens with one attached hydrogen (secondary N) is 1. The fraction of sp³-hybridized carbons (Fsp3) is 0.522. The van der Waals surface area contributed by atoms with E-state index >= 15 is 0 Å². The van der Waals surface area contributed by atoms with Gasteiger partial charge in [-0.2, -0.15) is 4.31 Å². The number of hydrogen-bond acceptors (Lipinski definition) is 5. The summed E-state index contributed by atoms with van der Waals surface area (Å²) in [5, 5.41) is 3.88. The fourth-order valence-corrected chi connectivity index (χ4v) is 7.50. The van der Waals surface area contributed by atoms with Crippen LogP contribution in [0.3, 0.4) is 0 Å². The number of benzene rings is 1. The lowest BCUT2D eigenvalue weighted by molar-refractivity contribution is -0.121. The molecule has 1 amide bonds. The molecule has 0 unspecified atom stereocenters. The molecule has 0 radical (unpaired) electrons. The van der Waals surface area contributed by atoms with Crippen molar-refractivity contribution < 1.29 is 13.2 Å². The summed E-state index contributed by atoms with van der Waals surface area (Å²) < 4.78 is 27.5. The number of rotatable bonds is 7. The van der Waals surface area contributed by atoms with Gasteiger partial charge in [-0.1, -0.05) is 30.2 Å². The Balaban J connectivity index is 1.24. The minimum Gasteiger partial charge on any atom is -0.353 e. The van der Waals surface area contributed by atoms with Crippen molar-refractivity contribution >= 4 is 38.9 Å². The molecule has 2 fully saturated rings. The van der Waals surface area contributed by atoms with Gasteiger partial charge in [0.25, 0.3) is 10.0 Å². The minimum atomic E-state index is -3.43. The lowest BCUT2D eigenvalue weighted by atomic mass is 10.0. The normalized spacial score (nSPS) is 19.2. The average molecular weight is 496 g/mol. The molecule has 2 aliphatic heterocycles. The zero-order valence-electron chi connectivity index (χ0n) is 18.1. The summed E-state index contributed by atoms with van der Waals surface area (Å²) in [6.45, 7) is 3.94. The largest absolute Gasteiger partial charge is 0.353 e. The van der Waals surface area contributed by atoms with Gasteiger partial charge in [-0.15, -0.1) is 11.3 Å². The molecule has 1 N–H and O–H groups in total. The number of halogens is 1. The summed E-state index contributed by atoms with van der Waals surface area (Å²) in [5.41, 5.74) is 1.24. The summed E-state index contributed by atoms with van der Waals surface area (Å²) in [7, 11) is -3.43. The molecular weight excluding hydrogens is 466 g/mol. The van der Waals surface area contributed by atoms with Crippen molar-refractivity contribution in [3.63, 3.8) is 0 Å². The van der Waals surface area contributed by atoms with Crippen molar-refractivity contribution in [1.82, 2.24) is 14.5 Å². The Morgan fingerprint density at radius 2 is 1.69 bits per heavy atom. The van der Waals surface area contributed by atoms with Crippen LogP contribution in [0, 0.1) is 0 Å². The highest BCUT2D eigenvalue weighted by Crippen LogP contribution is 2.27. The first kappa shape index (κ1) is 23.7. The van der Waals surface area contributed by atoms with Crippen LogP contribution in [0.15, 0.2) is 40.6 Å². The molecule has 6 nitrogen and oxygen atoms in total. The molecule has 9 heteroatoms. The number of carbonyl (C=O) groups is 1. The topological polar surface area (TPSA) is 69.7 Å². The summed E-state index contributed by atoms with van der Waals surface area (Å²) in [6, 6.07) is 11.5. The van der Waals surface area contributed by atoms with Gasteiger partial charge >= 0.3 is 0 Å². The third-order valence-electron chi connectivity index (χ3n) is 6.15. The predicted octanol–water partition coefficient (Wildman–Crippen LogP) is 3.90. The molecular formula is C23H30ClN3O3S2. The number of hydrogen-bond donors (Lipinski definition) is 1. The van der Waals surface area contributed by atoms with Gasteiger partial charge in [-0.05, 0) is 55.5 Å². The lowest BCUT2D eigenvalue weighted by Gasteiger charge is -2.32. The van der Waals surface area contributed by atoms with Crippen molar-refractivity contribution in [1.29, 1.82) is 0 Å². The van der Waals surface area contributed by atoms with E-state index in [4.69, 9.17) is 11.6 Å². The minimum absolute atomic E-state index is 0.0371. The zero-order chi connectivity index (χ0) is 22.6. The van der Waals surface area contributed by atoms with Crippen molar-refractivity contribution in [2.75, 3.05) is 26.2 Å². The molecule has 4 rings (SSSR count). The lowest BCUT2D eigenvalue weighted by Crippen LogP contribution is -2.44. The maximum Gasteiger partial charge on any atom is 0.252 e. The second-order valence-corrected chi connectivity index (χ2v) is 12.4. The highest BCUT2D eigenvalue weighted by Gasteiger charge is 2.28. The summed E-state index contributed by atoms with van der Waals surface area (Å²) >= 11 is 7.17. The van der Waals surface area contributed by atoms with E-state index in [0.717, 1.165) is 61.6 Å². The zero-order valence-corrected chi connectivity index (χ0v) is 20.5. The number of sulfonamides is 1. The van der Waals surface area contributed by atoms with E-state index in [1.54, 1.807) is 16.4 Å². The number of carbonyl (C=O) groups excluding carboxylic acids is 1. The summed E-state index contributed by atoms with van der Waals surface area (Å²) in [4.78, 5) is 15.7. The van der Waals surface area contributed by atoms with Crippen LogP contribution in [0.1, 0.15) is 42.5 Å². The Kier molecular flexibility index (Phi) is 7.89. The SMILES string of the molecule is O=C(Cc1ccc(S(=O)(=O)N2CCCCC2)s1)NC1CCN(Cc2ccc(Cl)cc2)CC1. The van der Waals surface area contributed by atoms with Crippen LogP contribution >= 0.6 is 22.9 Å². The first-order valence-electron chi connectivity index (χ1n) is 11.3. The van der Waals surface area contributed by atoms with Crippen LogP contribution in [-0.4, -0.2) is 55.8 Å². The first-order chi connectivity index (χ1) is 15.4. The molecule has 32 heavy (non-hydrogen) atoms. The standard InChI is InChI=1S/C23H30ClN3O3S2/c24-19-6-4-18(5-7-19)17-26-14-10-20(11-15-26)25-22(28)16-21-8-9-23(31-21)32(29,30)27-12-2-1-3-13-27/h4-9,20H,1-3,10-17H2,(H,25,28). The quantitative estimate of drug-likeness (QED) is 0.632. The van der Waals surface area contributed by atoms with E-state index in [9.17, 15) is 13.2 Å². The monoisotopic (exact) mass is 495 g/mol. The highest BCUT2D eigenvalue weighted by atomic mass is 35.5. The average Bonchev–Trinajstić information content (AvgIpc) is 3.26. The molecule has 0 atom stereocenters. The molecule has 2 saturated heterocycles. The third-order valence-corrected chi connectivity index (χ3v) is 9.86. The van der Waals surface area contributed by atoms with Gasteiger partial charge in [-0.3, -0.25) is 9.69 Å². The van der Waals surface area contributed by atoms with Crippen molar-refractivity contribution in [2.24, 2.45) is 0 Å². The van der Waals surface area contributed by atoms with Gasteiger partial charge in [0.15, 0.2) is 0 Å². The second-order valence-electron chi connectivity index (χ2n) is 8.61. The molecule has 1 aromatic heterocycles. The molecule has 0 bridgehead atoms. The van der Waals surface area contributed by atoms with Crippen molar-refractivity contribution in [3.05, 3.63) is 51.9 Å². The summed E-state index contributed by atoms with van der Waals surface area (Å²) in [5.74, 6) is -0.0371. The van der Waals surface area contributed by atoms with Gasteiger partial charge in [0.05, 0.1) is 6.42 Å². The Bertz CT molecular complexity index is 1010. The van der Waals surface area contributed by atoms with E-state index in [2.05, 4.69) is 22.3 Å². The van der Waals surface area contributed by atoms with E-state index in [-0.39, 0.29) is 18.4 Å². The van der Waals surface area contributed by atoms with Crippen LogP contribution in [0.25, 0.3) is 0 Å². The Morgan fingerprint density at radius 1 is 1.00 bits per heavy atom. The number of likely N-dealkylation sites (tertiary alicyclic amines) is 1. The highest BCUT2D eigenvalue weighted by molar-refractivity contribution is 7.91. The Hall–Kier alpha value is -1.45. The molecule has 174 valence electrons. The Morgan fingerprint density at radius 3 is 2.38 bits per heavy atom. The third kappa shape index (κ3) is 6.11. The van der Waals surface area contributed by atoms with Gasteiger partial charge in [-0.25, -0.2) is 8.42 Å². The molecule has 0 spiro atoms. The van der Waals surface area contributed by atoms with Crippen LogP contribution in [-0.2, 0) is 27.8 Å². The Labute approximate surface area is 199 Å². The predicted molar refractivity (Wildman–Crippen MR) is 129 cm³/mol. The smallest absolute Gasteiger partial charge is 0.252 e. The van der Waals surface area contributed by atoms with Crippen LogP contribution < -0.4 is 5.32 Å². The van der Waals surface area contributed by atoms with E-state index in [1.807, 2.05) is 12.1 Å². The van der Waals surface area contributed by atoms with Crippen molar-refractivity contribution in [3.8, 4) is 0 Å². The van der Waals surface area contributed by atoms with Crippen molar-refractivity contribution in [2.45, 2.75) is 55.3 Å². The van der Waals surface area contributed by atoms with Gasteiger partial charge in [0.1, 0.15) is 4.21 Å². The number of nitrogens with zero attached hydrogens (tertiary/aromatic N) is 2.